The molecule has 2 aromatic rings. The van der Waals surface area contributed by atoms with Gasteiger partial charge in [0.1, 0.15) is 0 Å². The standard InChI is InChI=1S/C20H22F2O/c21-19-10-9-18(13-20(19)22)17-7-5-16(6-8-17)15-3-1-14(2-4-15)11-12-23/h5-10,13-15,23H,1-4,11-12H2. The number of hydrogen-bond acceptors (Lipinski definition) is 1. The number of rotatable bonds is 4. The molecule has 1 N–H and O–H groups in total. The van der Waals surface area contributed by atoms with Crippen LogP contribution in [0.4, 0.5) is 8.78 Å². The topological polar surface area (TPSA) is 20.2 Å². The van der Waals surface area contributed by atoms with E-state index in [4.69, 9.17) is 5.11 Å². The van der Waals surface area contributed by atoms with Gasteiger partial charge in [0.25, 0.3) is 0 Å². The highest BCUT2D eigenvalue weighted by molar-refractivity contribution is 5.63. The molecule has 0 radical (unpaired) electrons. The van der Waals surface area contributed by atoms with Crippen LogP contribution in [-0.2, 0) is 0 Å². The predicted molar refractivity (Wildman–Crippen MR) is 88.2 cm³/mol. The van der Waals surface area contributed by atoms with E-state index in [1.54, 1.807) is 6.07 Å². The van der Waals surface area contributed by atoms with Crippen molar-refractivity contribution < 1.29 is 13.9 Å². The van der Waals surface area contributed by atoms with Gasteiger partial charge in [0, 0.05) is 6.61 Å². The van der Waals surface area contributed by atoms with Gasteiger partial charge in [0.15, 0.2) is 11.6 Å². The van der Waals surface area contributed by atoms with Crippen LogP contribution in [0.5, 0.6) is 0 Å². The van der Waals surface area contributed by atoms with Gasteiger partial charge in [-0.2, -0.15) is 0 Å². The van der Waals surface area contributed by atoms with Crippen LogP contribution in [0.1, 0.15) is 43.6 Å². The Morgan fingerprint density at radius 3 is 2.09 bits per heavy atom. The fourth-order valence-corrected chi connectivity index (χ4v) is 3.59. The van der Waals surface area contributed by atoms with Crippen molar-refractivity contribution in [2.24, 2.45) is 5.92 Å². The van der Waals surface area contributed by atoms with E-state index in [9.17, 15) is 8.78 Å². The molecule has 3 heteroatoms. The molecule has 0 bridgehead atoms. The summed E-state index contributed by atoms with van der Waals surface area (Å²) in [7, 11) is 0. The van der Waals surface area contributed by atoms with Gasteiger partial charge in [-0.3, -0.25) is 0 Å². The summed E-state index contributed by atoms with van der Waals surface area (Å²) in [6.45, 7) is 0.290. The molecule has 0 unspecified atom stereocenters. The lowest BCUT2D eigenvalue weighted by Crippen LogP contribution is -2.14. The minimum absolute atomic E-state index is 0.290. The van der Waals surface area contributed by atoms with E-state index in [2.05, 4.69) is 12.1 Å². The summed E-state index contributed by atoms with van der Waals surface area (Å²) in [5.41, 5.74) is 2.92. The third-order valence-electron chi connectivity index (χ3n) is 5.02. The van der Waals surface area contributed by atoms with Crippen LogP contribution in [0.15, 0.2) is 42.5 Å². The van der Waals surface area contributed by atoms with Gasteiger partial charge in [-0.1, -0.05) is 30.3 Å². The van der Waals surface area contributed by atoms with Crippen molar-refractivity contribution in [1.29, 1.82) is 0 Å². The van der Waals surface area contributed by atoms with E-state index in [0.29, 0.717) is 17.4 Å². The summed E-state index contributed by atoms with van der Waals surface area (Å²) in [5.74, 6) is -0.388. The SMILES string of the molecule is OCCC1CCC(c2ccc(-c3ccc(F)c(F)c3)cc2)CC1. The van der Waals surface area contributed by atoms with Crippen LogP contribution < -0.4 is 0 Å². The molecule has 0 atom stereocenters. The minimum Gasteiger partial charge on any atom is -0.396 e. The lowest BCUT2D eigenvalue weighted by Gasteiger charge is -2.28. The van der Waals surface area contributed by atoms with Crippen LogP contribution in [0, 0.1) is 17.6 Å². The van der Waals surface area contributed by atoms with Gasteiger partial charge in [-0.25, -0.2) is 8.78 Å². The molecular weight excluding hydrogens is 294 g/mol. The molecule has 3 rings (SSSR count). The molecule has 0 aromatic heterocycles. The summed E-state index contributed by atoms with van der Waals surface area (Å²) < 4.78 is 26.4. The van der Waals surface area contributed by atoms with E-state index in [-0.39, 0.29) is 6.61 Å². The second kappa shape index (κ2) is 7.22. The third-order valence-corrected chi connectivity index (χ3v) is 5.02. The van der Waals surface area contributed by atoms with Gasteiger partial charge in [0.05, 0.1) is 0 Å². The Labute approximate surface area is 136 Å². The van der Waals surface area contributed by atoms with Crippen molar-refractivity contribution in [3.05, 3.63) is 59.7 Å². The number of aliphatic hydroxyl groups excluding tert-OH is 1. The van der Waals surface area contributed by atoms with E-state index >= 15 is 0 Å². The molecule has 0 saturated heterocycles. The van der Waals surface area contributed by atoms with Gasteiger partial charge in [0.2, 0.25) is 0 Å². The second-order valence-electron chi connectivity index (χ2n) is 6.48. The molecule has 1 nitrogen and oxygen atoms in total. The summed E-state index contributed by atoms with van der Waals surface area (Å²) in [4.78, 5) is 0. The summed E-state index contributed by atoms with van der Waals surface area (Å²) in [6, 6.07) is 12.2. The average Bonchev–Trinajstić information content (AvgIpc) is 2.59. The highest BCUT2D eigenvalue weighted by Gasteiger charge is 2.21. The van der Waals surface area contributed by atoms with Crippen molar-refractivity contribution in [3.8, 4) is 11.1 Å². The van der Waals surface area contributed by atoms with Crippen molar-refractivity contribution in [3.63, 3.8) is 0 Å². The normalized spacial score (nSPS) is 21.3. The fraction of sp³-hybridized carbons (Fsp3) is 0.400. The first-order valence-corrected chi connectivity index (χ1v) is 8.33. The van der Waals surface area contributed by atoms with Gasteiger partial charge >= 0.3 is 0 Å². The lowest BCUT2D eigenvalue weighted by molar-refractivity contribution is 0.222. The van der Waals surface area contributed by atoms with Gasteiger partial charge < -0.3 is 5.11 Å². The summed E-state index contributed by atoms with van der Waals surface area (Å²) in [5, 5.41) is 9.03. The Morgan fingerprint density at radius 1 is 0.826 bits per heavy atom. The smallest absolute Gasteiger partial charge is 0.159 e. The molecule has 0 amide bonds. The van der Waals surface area contributed by atoms with Gasteiger partial charge in [-0.15, -0.1) is 0 Å². The maximum absolute atomic E-state index is 13.3. The molecule has 0 heterocycles. The Bertz CT molecular complexity index is 643. The molecule has 2 aromatic carbocycles. The van der Waals surface area contributed by atoms with Gasteiger partial charge in [-0.05, 0) is 72.8 Å². The summed E-state index contributed by atoms with van der Waals surface area (Å²) >= 11 is 0. The van der Waals surface area contributed by atoms with Crippen molar-refractivity contribution in [2.45, 2.75) is 38.0 Å². The van der Waals surface area contributed by atoms with E-state index < -0.39 is 11.6 Å². The molecule has 23 heavy (non-hydrogen) atoms. The average molecular weight is 316 g/mol. The van der Waals surface area contributed by atoms with E-state index in [0.717, 1.165) is 24.8 Å². The Hall–Kier alpha value is -1.74. The minimum atomic E-state index is -0.815. The monoisotopic (exact) mass is 316 g/mol. The molecule has 122 valence electrons. The fourth-order valence-electron chi connectivity index (χ4n) is 3.59. The molecule has 0 aliphatic heterocycles. The summed E-state index contributed by atoms with van der Waals surface area (Å²) in [6.07, 6.45) is 5.60. The number of halogens is 2. The van der Waals surface area contributed by atoms with Crippen LogP contribution in [0.3, 0.4) is 0 Å². The Kier molecular flexibility index (Phi) is 5.06. The maximum atomic E-state index is 13.3. The van der Waals surface area contributed by atoms with Crippen LogP contribution in [-0.4, -0.2) is 11.7 Å². The first kappa shape index (κ1) is 16.1. The van der Waals surface area contributed by atoms with Crippen LogP contribution in [0.25, 0.3) is 11.1 Å². The highest BCUT2D eigenvalue weighted by Crippen LogP contribution is 2.37. The zero-order chi connectivity index (χ0) is 16.2. The first-order valence-electron chi connectivity index (χ1n) is 8.33. The number of benzene rings is 2. The predicted octanol–water partition coefficient (Wildman–Crippen LogP) is 5.29. The molecule has 1 aliphatic rings. The van der Waals surface area contributed by atoms with Crippen molar-refractivity contribution in [2.75, 3.05) is 6.61 Å². The van der Waals surface area contributed by atoms with E-state index in [1.165, 1.54) is 30.5 Å². The molecule has 0 spiro atoms. The quantitative estimate of drug-likeness (QED) is 0.813. The molecule has 1 saturated carbocycles. The Morgan fingerprint density at radius 2 is 1.48 bits per heavy atom. The van der Waals surface area contributed by atoms with Crippen molar-refractivity contribution >= 4 is 0 Å². The Balaban J connectivity index is 1.69. The highest BCUT2D eigenvalue weighted by atomic mass is 19.2. The third kappa shape index (κ3) is 3.78. The zero-order valence-corrected chi connectivity index (χ0v) is 13.1. The largest absolute Gasteiger partial charge is 0.396 e. The molecule has 1 fully saturated rings. The number of hydrogen-bond donors (Lipinski definition) is 1. The number of aliphatic hydroxyl groups is 1. The van der Waals surface area contributed by atoms with Crippen LogP contribution in [0.2, 0.25) is 0 Å². The molecule has 1 aliphatic carbocycles. The second-order valence-corrected chi connectivity index (χ2v) is 6.48. The van der Waals surface area contributed by atoms with Crippen LogP contribution >= 0.6 is 0 Å². The van der Waals surface area contributed by atoms with E-state index in [1.807, 2.05) is 12.1 Å². The lowest BCUT2D eigenvalue weighted by atomic mass is 9.77. The van der Waals surface area contributed by atoms with Crippen molar-refractivity contribution in [1.82, 2.24) is 0 Å². The maximum Gasteiger partial charge on any atom is 0.159 e. The molecular formula is C20H22F2O. The first-order chi connectivity index (χ1) is 11.2. The zero-order valence-electron chi connectivity index (χ0n) is 13.1.